The van der Waals surface area contributed by atoms with Crippen LogP contribution in [0.1, 0.15) is 20.7 Å². The topological polar surface area (TPSA) is 66.4 Å². The van der Waals surface area contributed by atoms with E-state index in [1.807, 2.05) is 0 Å². The van der Waals surface area contributed by atoms with Crippen molar-refractivity contribution in [3.8, 4) is 0 Å². The lowest BCUT2D eigenvalue weighted by Gasteiger charge is -2.09. The molecule has 0 heterocycles. The molecule has 0 spiro atoms. The summed E-state index contributed by atoms with van der Waals surface area (Å²) in [5.41, 5.74) is -1.20. The molecule has 0 saturated carbocycles. The smallest absolute Gasteiger partial charge is 0.340 e. The Kier molecular flexibility index (Phi) is 4.32. The second kappa shape index (κ2) is 6.01. The molecule has 0 radical (unpaired) electrons. The van der Waals surface area contributed by atoms with Gasteiger partial charge in [0, 0.05) is 4.47 Å². The molecule has 0 bridgehead atoms. The maximum absolute atomic E-state index is 13.7. The van der Waals surface area contributed by atoms with Crippen molar-refractivity contribution >= 4 is 33.5 Å². The molecule has 4 nitrogen and oxygen atoms in total. The third kappa shape index (κ3) is 3.25. The lowest BCUT2D eigenvalue weighted by atomic mass is 10.1. The van der Waals surface area contributed by atoms with Crippen LogP contribution < -0.4 is 5.32 Å². The Bertz CT molecular complexity index is 734. The first-order valence-corrected chi connectivity index (χ1v) is 6.47. The van der Waals surface area contributed by atoms with Gasteiger partial charge in [-0.15, -0.1) is 0 Å². The van der Waals surface area contributed by atoms with E-state index < -0.39 is 29.1 Å². The summed E-state index contributed by atoms with van der Waals surface area (Å²) in [6, 6.07) is 7.21. The number of rotatable bonds is 3. The van der Waals surface area contributed by atoms with Crippen LogP contribution in [0.25, 0.3) is 0 Å². The van der Waals surface area contributed by atoms with Gasteiger partial charge in [0.1, 0.15) is 17.2 Å². The van der Waals surface area contributed by atoms with E-state index in [1.54, 1.807) is 0 Å². The van der Waals surface area contributed by atoms with Crippen LogP contribution in [0.2, 0.25) is 0 Å². The summed E-state index contributed by atoms with van der Waals surface area (Å²) in [6.07, 6.45) is 0. The summed E-state index contributed by atoms with van der Waals surface area (Å²) in [5.74, 6) is -4.17. The number of carbonyl (C=O) groups is 2. The van der Waals surface area contributed by atoms with Crippen molar-refractivity contribution in [3.63, 3.8) is 0 Å². The molecule has 21 heavy (non-hydrogen) atoms. The first-order chi connectivity index (χ1) is 9.90. The number of nitrogens with one attached hydrogen (secondary N) is 1. The number of hydrogen-bond donors (Lipinski definition) is 2. The molecule has 2 rings (SSSR count). The highest BCUT2D eigenvalue weighted by atomic mass is 79.9. The van der Waals surface area contributed by atoms with Gasteiger partial charge in [0.25, 0.3) is 5.91 Å². The van der Waals surface area contributed by atoms with Gasteiger partial charge in [-0.2, -0.15) is 0 Å². The maximum Gasteiger partial charge on any atom is 0.340 e. The van der Waals surface area contributed by atoms with Crippen molar-refractivity contribution in [3.05, 3.63) is 63.6 Å². The zero-order valence-electron chi connectivity index (χ0n) is 10.4. The van der Waals surface area contributed by atoms with Crippen molar-refractivity contribution in [2.45, 2.75) is 0 Å². The zero-order chi connectivity index (χ0) is 15.6. The minimum absolute atomic E-state index is 0.241. The van der Waals surface area contributed by atoms with Crippen molar-refractivity contribution in [2.24, 2.45) is 0 Å². The van der Waals surface area contributed by atoms with Gasteiger partial charge in [-0.3, -0.25) is 4.79 Å². The van der Waals surface area contributed by atoms with Gasteiger partial charge in [-0.25, -0.2) is 13.6 Å². The van der Waals surface area contributed by atoms with E-state index in [1.165, 1.54) is 24.3 Å². The predicted molar refractivity (Wildman–Crippen MR) is 75.4 cm³/mol. The van der Waals surface area contributed by atoms with Crippen LogP contribution in [0.5, 0.6) is 0 Å². The zero-order valence-corrected chi connectivity index (χ0v) is 11.9. The molecule has 2 aromatic carbocycles. The predicted octanol–water partition coefficient (Wildman–Crippen LogP) is 3.68. The fourth-order valence-corrected chi connectivity index (χ4v) is 2.04. The minimum Gasteiger partial charge on any atom is -0.478 e. The Hall–Kier alpha value is -2.28. The molecule has 0 aliphatic heterocycles. The van der Waals surface area contributed by atoms with Crippen molar-refractivity contribution in [2.75, 3.05) is 5.32 Å². The summed E-state index contributed by atoms with van der Waals surface area (Å²) in [6.45, 7) is 0. The summed E-state index contributed by atoms with van der Waals surface area (Å²) < 4.78 is 27.6. The Labute approximate surface area is 126 Å². The van der Waals surface area contributed by atoms with E-state index in [2.05, 4.69) is 21.2 Å². The normalized spacial score (nSPS) is 10.2. The molecule has 1 amide bonds. The third-order valence-corrected chi connectivity index (χ3v) is 3.14. The molecule has 0 aliphatic carbocycles. The van der Waals surface area contributed by atoms with E-state index in [-0.39, 0.29) is 11.3 Å². The molecule has 0 saturated heterocycles. The number of carboxylic acids is 1. The molecule has 0 aliphatic rings. The molecule has 7 heteroatoms. The van der Waals surface area contributed by atoms with Crippen LogP contribution in [-0.4, -0.2) is 17.0 Å². The Morgan fingerprint density at radius 3 is 2.43 bits per heavy atom. The molecule has 2 N–H and O–H groups in total. The average Bonchev–Trinajstić information content (AvgIpc) is 2.37. The molecule has 108 valence electrons. The molecule has 0 fully saturated rings. The molecule has 2 aromatic rings. The van der Waals surface area contributed by atoms with E-state index >= 15 is 0 Å². The van der Waals surface area contributed by atoms with E-state index in [4.69, 9.17) is 5.11 Å². The van der Waals surface area contributed by atoms with E-state index in [0.29, 0.717) is 4.47 Å². The van der Waals surface area contributed by atoms with Crippen LogP contribution in [0.4, 0.5) is 14.5 Å². The number of anilines is 1. The van der Waals surface area contributed by atoms with Crippen LogP contribution in [0.15, 0.2) is 40.9 Å². The third-order valence-electron chi connectivity index (χ3n) is 2.65. The van der Waals surface area contributed by atoms with E-state index in [0.717, 1.165) is 12.1 Å². The number of benzene rings is 2. The molecule has 0 atom stereocenters. The van der Waals surface area contributed by atoms with Gasteiger partial charge in [0.15, 0.2) is 0 Å². The number of carbonyl (C=O) groups excluding carboxylic acids is 1. The van der Waals surface area contributed by atoms with Gasteiger partial charge in [0.2, 0.25) is 0 Å². The fourth-order valence-electron chi connectivity index (χ4n) is 1.71. The van der Waals surface area contributed by atoms with Crippen LogP contribution in [0, 0.1) is 11.6 Å². The highest BCUT2D eigenvalue weighted by Crippen LogP contribution is 2.21. The largest absolute Gasteiger partial charge is 0.478 e. The molecular weight excluding hydrogens is 348 g/mol. The first-order valence-electron chi connectivity index (χ1n) is 5.68. The molecular formula is C14H8BrF2NO3. The van der Waals surface area contributed by atoms with E-state index in [9.17, 15) is 18.4 Å². The number of carboxylic acid groups (broad SMARTS) is 1. The average molecular weight is 356 g/mol. The second-order valence-corrected chi connectivity index (χ2v) is 4.96. The summed E-state index contributed by atoms with van der Waals surface area (Å²) in [4.78, 5) is 23.0. The highest BCUT2D eigenvalue weighted by Gasteiger charge is 2.19. The maximum atomic E-state index is 13.7. The number of hydrogen-bond acceptors (Lipinski definition) is 2. The lowest BCUT2D eigenvalue weighted by Crippen LogP contribution is -2.17. The van der Waals surface area contributed by atoms with Gasteiger partial charge in [0.05, 0.1) is 11.3 Å². The van der Waals surface area contributed by atoms with Crippen molar-refractivity contribution < 1.29 is 23.5 Å². The van der Waals surface area contributed by atoms with Crippen molar-refractivity contribution in [1.82, 2.24) is 0 Å². The number of aromatic carboxylic acids is 1. The van der Waals surface area contributed by atoms with Gasteiger partial charge < -0.3 is 10.4 Å². The second-order valence-electron chi connectivity index (χ2n) is 4.05. The van der Waals surface area contributed by atoms with Gasteiger partial charge >= 0.3 is 5.97 Å². The van der Waals surface area contributed by atoms with Crippen molar-refractivity contribution in [1.29, 1.82) is 0 Å². The summed E-state index contributed by atoms with van der Waals surface area (Å²) in [7, 11) is 0. The molecule has 0 aromatic heterocycles. The number of halogens is 3. The Morgan fingerprint density at radius 1 is 1.10 bits per heavy atom. The van der Waals surface area contributed by atoms with Crippen LogP contribution in [0.3, 0.4) is 0 Å². The SMILES string of the molecule is O=C(Nc1cccc(F)c1C(=O)O)c1ccc(Br)cc1F. The minimum atomic E-state index is -1.53. The Morgan fingerprint density at radius 2 is 1.81 bits per heavy atom. The van der Waals surface area contributed by atoms with Gasteiger partial charge in [-0.1, -0.05) is 22.0 Å². The summed E-state index contributed by atoms with van der Waals surface area (Å²) >= 11 is 3.05. The molecule has 0 unspecified atom stereocenters. The lowest BCUT2D eigenvalue weighted by molar-refractivity contribution is 0.0693. The van der Waals surface area contributed by atoms with Crippen LogP contribution in [-0.2, 0) is 0 Å². The fraction of sp³-hybridized carbons (Fsp3) is 0. The first kappa shape index (κ1) is 15.1. The standard InChI is InChI=1S/C14H8BrF2NO3/c15-7-4-5-8(10(17)6-7)13(19)18-11-3-1-2-9(16)12(11)14(20)21/h1-6H,(H,18,19)(H,20,21). The quantitative estimate of drug-likeness (QED) is 0.882. The summed E-state index contributed by atoms with van der Waals surface area (Å²) in [5, 5.41) is 11.1. The van der Waals surface area contributed by atoms with Crippen LogP contribution >= 0.6 is 15.9 Å². The monoisotopic (exact) mass is 355 g/mol. The Balaban J connectivity index is 2.36. The van der Waals surface area contributed by atoms with Gasteiger partial charge in [-0.05, 0) is 30.3 Å². The number of amides is 1. The highest BCUT2D eigenvalue weighted by molar-refractivity contribution is 9.10.